The van der Waals surface area contributed by atoms with Gasteiger partial charge < -0.3 is 10.0 Å². The summed E-state index contributed by atoms with van der Waals surface area (Å²) in [6.07, 6.45) is 6.79. The third-order valence-corrected chi connectivity index (χ3v) is 7.79. The molecule has 3 heterocycles. The molecule has 3 atom stereocenters. The van der Waals surface area contributed by atoms with Gasteiger partial charge in [0, 0.05) is 41.7 Å². The molecule has 1 amide bonds. The number of amides is 1. The highest BCUT2D eigenvalue weighted by atomic mass is 19.1. The third-order valence-electron chi connectivity index (χ3n) is 7.79. The molecule has 182 valence electrons. The van der Waals surface area contributed by atoms with Crippen LogP contribution in [-0.2, 0) is 4.79 Å². The van der Waals surface area contributed by atoms with Crippen LogP contribution in [0.15, 0.2) is 30.3 Å². The van der Waals surface area contributed by atoms with E-state index >= 15 is 4.39 Å². The molecule has 1 aliphatic heterocycles. The second kappa shape index (κ2) is 8.43. The number of carbonyl (C=O) groups is 2. The van der Waals surface area contributed by atoms with Gasteiger partial charge in [0.25, 0.3) is 5.91 Å². The molecule has 0 unspecified atom stereocenters. The van der Waals surface area contributed by atoms with E-state index in [4.69, 9.17) is 5.10 Å². The average Bonchev–Trinajstić information content (AvgIpc) is 3.75. The van der Waals surface area contributed by atoms with Crippen molar-refractivity contribution in [3.8, 4) is 11.3 Å². The predicted molar refractivity (Wildman–Crippen MR) is 128 cm³/mol. The third kappa shape index (κ3) is 3.98. The number of benzene rings is 1. The van der Waals surface area contributed by atoms with Gasteiger partial charge in [-0.2, -0.15) is 5.10 Å². The largest absolute Gasteiger partial charge is 0.481 e. The van der Waals surface area contributed by atoms with Crippen LogP contribution < -0.4 is 0 Å². The van der Waals surface area contributed by atoms with E-state index in [0.29, 0.717) is 40.5 Å². The Kier molecular flexibility index (Phi) is 5.34. The van der Waals surface area contributed by atoms with Gasteiger partial charge in [0.2, 0.25) is 0 Å². The topological polar surface area (TPSA) is 87.8 Å². The highest BCUT2D eigenvalue weighted by Gasteiger charge is 2.45. The first-order chi connectivity index (χ1) is 16.9. The van der Waals surface area contributed by atoms with Gasteiger partial charge in [0.05, 0.1) is 11.6 Å². The highest BCUT2D eigenvalue weighted by molar-refractivity contribution is 5.93. The number of rotatable bonds is 5. The zero-order chi connectivity index (χ0) is 24.3. The Labute approximate surface area is 203 Å². The zero-order valence-corrected chi connectivity index (χ0v) is 19.8. The predicted octanol–water partition coefficient (Wildman–Crippen LogP) is 5.01. The lowest BCUT2D eigenvalue weighted by atomic mass is 10.0. The summed E-state index contributed by atoms with van der Waals surface area (Å²) in [5.41, 5.74) is 3.11. The molecule has 6 rings (SSSR count). The molecule has 1 aromatic carbocycles. The Morgan fingerprint density at radius 1 is 1.11 bits per heavy atom. The fourth-order valence-electron chi connectivity index (χ4n) is 5.48. The van der Waals surface area contributed by atoms with Gasteiger partial charge in [-0.05, 0) is 56.7 Å². The summed E-state index contributed by atoms with van der Waals surface area (Å²) in [6, 6.07) is 8.87. The van der Waals surface area contributed by atoms with Crippen molar-refractivity contribution in [3.63, 3.8) is 0 Å². The molecule has 3 aliphatic rings. The van der Waals surface area contributed by atoms with E-state index < -0.39 is 17.7 Å². The number of hydrogen-bond acceptors (Lipinski definition) is 4. The lowest BCUT2D eigenvalue weighted by Crippen LogP contribution is -2.38. The first-order valence-corrected chi connectivity index (χ1v) is 12.7. The van der Waals surface area contributed by atoms with Crippen LogP contribution in [0.1, 0.15) is 85.5 Å². The number of nitrogens with zero attached hydrogens (tertiary/aromatic N) is 4. The maximum Gasteiger partial charge on any atom is 0.307 e. The molecule has 3 fully saturated rings. The van der Waals surface area contributed by atoms with Crippen LogP contribution in [0.2, 0.25) is 0 Å². The number of hydrogen-bond donors (Lipinski definition) is 1. The highest BCUT2D eigenvalue weighted by Crippen LogP contribution is 2.49. The van der Waals surface area contributed by atoms with Crippen molar-refractivity contribution in [2.24, 2.45) is 5.92 Å². The Bertz CT molecular complexity index is 1330. The molecule has 3 aromatic rings. The second-order valence-electron chi connectivity index (χ2n) is 10.3. The summed E-state index contributed by atoms with van der Waals surface area (Å²) in [6.45, 7) is 2.84. The van der Waals surface area contributed by atoms with Crippen molar-refractivity contribution in [2.75, 3.05) is 6.54 Å². The van der Waals surface area contributed by atoms with Crippen molar-refractivity contribution in [2.45, 2.75) is 69.7 Å². The molecule has 0 radical (unpaired) electrons. The number of halogens is 1. The van der Waals surface area contributed by atoms with E-state index in [1.54, 1.807) is 28.8 Å². The van der Waals surface area contributed by atoms with Gasteiger partial charge in [0.1, 0.15) is 11.5 Å². The zero-order valence-electron chi connectivity index (χ0n) is 19.8. The summed E-state index contributed by atoms with van der Waals surface area (Å²) in [5.74, 6) is -1.87. The standard InChI is InChI=1S/C27H29FN4O3/c1-15-6-3-2-4-11-31(15)26(33)22-13-23(16-9-10-16)32-24(29-22)14-21(30-32)18-8-5-7-17(25(18)28)19-12-20(19)27(34)35/h5,7-8,13-16,19-20H,2-4,6,9-12H2,1H3,(H,34,35)/t15-,19-,20+/m1/s1. The van der Waals surface area contributed by atoms with Gasteiger partial charge in [-0.3, -0.25) is 9.59 Å². The summed E-state index contributed by atoms with van der Waals surface area (Å²) >= 11 is 0. The molecule has 2 saturated carbocycles. The van der Waals surface area contributed by atoms with E-state index in [0.717, 1.165) is 50.8 Å². The number of carboxylic acids is 1. The average molecular weight is 477 g/mol. The van der Waals surface area contributed by atoms with E-state index in [9.17, 15) is 14.7 Å². The quantitative estimate of drug-likeness (QED) is 0.560. The smallest absolute Gasteiger partial charge is 0.307 e. The lowest BCUT2D eigenvalue weighted by Gasteiger charge is -2.27. The van der Waals surface area contributed by atoms with Gasteiger partial charge in [-0.15, -0.1) is 0 Å². The number of fused-ring (bicyclic) bond motifs is 1. The fourth-order valence-corrected chi connectivity index (χ4v) is 5.48. The van der Waals surface area contributed by atoms with Gasteiger partial charge in [-0.25, -0.2) is 13.9 Å². The Balaban J connectivity index is 1.39. The van der Waals surface area contributed by atoms with Gasteiger partial charge in [-0.1, -0.05) is 25.0 Å². The summed E-state index contributed by atoms with van der Waals surface area (Å²) in [4.78, 5) is 31.4. The molecule has 0 spiro atoms. The van der Waals surface area contributed by atoms with Gasteiger partial charge >= 0.3 is 5.97 Å². The van der Waals surface area contributed by atoms with Crippen molar-refractivity contribution < 1.29 is 19.1 Å². The first kappa shape index (κ1) is 22.2. The summed E-state index contributed by atoms with van der Waals surface area (Å²) < 4.78 is 17.2. The first-order valence-electron chi connectivity index (χ1n) is 12.7. The van der Waals surface area contributed by atoms with E-state index in [-0.39, 0.29) is 17.9 Å². The number of aromatic nitrogens is 3. The van der Waals surface area contributed by atoms with E-state index in [1.165, 1.54) is 0 Å². The SMILES string of the molecule is C[C@@H]1CCCCCN1C(=O)c1cc(C2CC2)n2nc(-c3cccc([C@H]4C[C@@H]4C(=O)O)c3F)cc2n1. The Morgan fingerprint density at radius 3 is 2.69 bits per heavy atom. The monoisotopic (exact) mass is 476 g/mol. The van der Waals surface area contributed by atoms with Crippen LogP contribution in [0.4, 0.5) is 4.39 Å². The molecule has 1 saturated heterocycles. The minimum atomic E-state index is -0.887. The molecule has 8 heteroatoms. The molecule has 0 bridgehead atoms. The van der Waals surface area contributed by atoms with Gasteiger partial charge in [0.15, 0.2) is 5.65 Å². The minimum absolute atomic E-state index is 0.0480. The molecular formula is C27H29FN4O3. The lowest BCUT2D eigenvalue weighted by molar-refractivity contribution is -0.138. The maximum absolute atomic E-state index is 15.5. The van der Waals surface area contributed by atoms with Crippen molar-refractivity contribution in [1.29, 1.82) is 0 Å². The summed E-state index contributed by atoms with van der Waals surface area (Å²) in [5, 5.41) is 14.0. The summed E-state index contributed by atoms with van der Waals surface area (Å²) in [7, 11) is 0. The molecule has 7 nitrogen and oxygen atoms in total. The Morgan fingerprint density at radius 2 is 1.94 bits per heavy atom. The van der Waals surface area contributed by atoms with Crippen LogP contribution in [0.3, 0.4) is 0 Å². The number of aliphatic carboxylic acids is 1. The molecule has 35 heavy (non-hydrogen) atoms. The fraction of sp³-hybridized carbons (Fsp3) is 0.481. The maximum atomic E-state index is 15.5. The van der Waals surface area contributed by atoms with Crippen LogP contribution in [-0.4, -0.2) is 49.1 Å². The molecule has 1 N–H and O–H groups in total. The van der Waals surface area contributed by atoms with Crippen LogP contribution >= 0.6 is 0 Å². The number of carboxylic acid groups (broad SMARTS) is 1. The van der Waals surface area contributed by atoms with Crippen LogP contribution in [0, 0.1) is 11.7 Å². The Hall–Kier alpha value is -3.29. The van der Waals surface area contributed by atoms with Crippen molar-refractivity contribution in [3.05, 3.63) is 53.1 Å². The number of likely N-dealkylation sites (tertiary alicyclic amines) is 1. The molecule has 2 aliphatic carbocycles. The van der Waals surface area contributed by atoms with Crippen LogP contribution in [0.25, 0.3) is 16.9 Å². The minimum Gasteiger partial charge on any atom is -0.481 e. The van der Waals surface area contributed by atoms with Crippen LogP contribution in [0.5, 0.6) is 0 Å². The van der Waals surface area contributed by atoms with E-state index in [1.807, 2.05) is 11.0 Å². The van der Waals surface area contributed by atoms with Crippen molar-refractivity contribution >= 4 is 17.5 Å². The normalized spacial score (nSPS) is 24.4. The van der Waals surface area contributed by atoms with E-state index in [2.05, 4.69) is 11.9 Å². The second-order valence-corrected chi connectivity index (χ2v) is 10.3. The molecular weight excluding hydrogens is 447 g/mol. The molecule has 2 aromatic heterocycles. The van der Waals surface area contributed by atoms with Crippen molar-refractivity contribution in [1.82, 2.24) is 19.5 Å². The number of carbonyl (C=O) groups excluding carboxylic acids is 1.